The zero-order valence-electron chi connectivity index (χ0n) is 19.3. The van der Waals surface area contributed by atoms with Crippen molar-refractivity contribution in [2.45, 2.75) is 62.8 Å². The molecule has 0 spiro atoms. The minimum Gasteiger partial charge on any atom is -0.468 e. The van der Waals surface area contributed by atoms with Crippen LogP contribution in [0.15, 0.2) is 52.0 Å². The highest BCUT2D eigenvalue weighted by Gasteiger charge is 2.25. The van der Waals surface area contributed by atoms with Crippen LogP contribution in [0.3, 0.4) is 0 Å². The molecule has 176 valence electrons. The molecule has 1 unspecified atom stereocenters. The van der Waals surface area contributed by atoms with Crippen LogP contribution in [0.5, 0.6) is 0 Å². The number of hydrogen-bond acceptors (Lipinski definition) is 5. The lowest BCUT2D eigenvalue weighted by molar-refractivity contribution is -0.121. The van der Waals surface area contributed by atoms with E-state index in [2.05, 4.69) is 35.7 Å². The number of amides is 1. The number of benzene rings is 1. The number of likely N-dealkylation sites (tertiary alicyclic amines) is 1. The Morgan fingerprint density at radius 2 is 1.78 bits per heavy atom. The van der Waals surface area contributed by atoms with Crippen molar-refractivity contribution in [3.8, 4) is 0 Å². The van der Waals surface area contributed by atoms with E-state index in [9.17, 15) is 13.2 Å². The van der Waals surface area contributed by atoms with Crippen LogP contribution in [0.1, 0.15) is 63.8 Å². The van der Waals surface area contributed by atoms with Crippen LogP contribution < -0.4 is 10.0 Å². The summed E-state index contributed by atoms with van der Waals surface area (Å²) in [6.45, 7) is 8.68. The molecule has 8 heteroatoms. The molecule has 1 fully saturated rings. The maximum absolute atomic E-state index is 12.5. The molecule has 2 aromatic rings. The normalized spacial score (nSPS) is 16.6. The predicted octanol–water partition coefficient (Wildman–Crippen LogP) is 3.59. The van der Waals surface area contributed by atoms with Crippen molar-refractivity contribution in [2.75, 3.05) is 26.2 Å². The monoisotopic (exact) mass is 461 g/mol. The summed E-state index contributed by atoms with van der Waals surface area (Å²) in [5.74, 6) is 0.649. The summed E-state index contributed by atoms with van der Waals surface area (Å²) >= 11 is 0. The van der Waals surface area contributed by atoms with Gasteiger partial charge in [-0.2, -0.15) is 0 Å². The molecule has 0 radical (unpaired) electrons. The van der Waals surface area contributed by atoms with E-state index in [1.807, 2.05) is 24.3 Å². The third kappa shape index (κ3) is 6.67. The molecule has 0 aliphatic carbocycles. The van der Waals surface area contributed by atoms with Crippen LogP contribution in [0.2, 0.25) is 0 Å². The first-order valence-corrected chi connectivity index (χ1v) is 12.8. The van der Waals surface area contributed by atoms with Gasteiger partial charge in [-0.3, -0.25) is 9.69 Å². The zero-order chi connectivity index (χ0) is 23.2. The fourth-order valence-electron chi connectivity index (χ4n) is 3.94. The van der Waals surface area contributed by atoms with Gasteiger partial charge in [0.15, 0.2) is 0 Å². The van der Waals surface area contributed by atoms with Crippen molar-refractivity contribution >= 4 is 15.9 Å². The van der Waals surface area contributed by atoms with Crippen LogP contribution in [-0.2, 0) is 20.2 Å². The maximum Gasteiger partial charge on any atom is 0.240 e. The lowest BCUT2D eigenvalue weighted by Crippen LogP contribution is -2.41. The summed E-state index contributed by atoms with van der Waals surface area (Å²) in [6, 6.07) is 10.7. The number of piperidine rings is 1. The van der Waals surface area contributed by atoms with Crippen molar-refractivity contribution in [3.05, 3.63) is 54.0 Å². The third-order valence-electron chi connectivity index (χ3n) is 5.87. The highest BCUT2D eigenvalue weighted by Crippen LogP contribution is 2.25. The molecule has 1 aliphatic heterocycles. The fourth-order valence-corrected chi connectivity index (χ4v) is 4.97. The molecule has 3 rings (SSSR count). The molecule has 2 N–H and O–H groups in total. The van der Waals surface area contributed by atoms with Crippen LogP contribution in [0.25, 0.3) is 0 Å². The summed E-state index contributed by atoms with van der Waals surface area (Å²) in [5.41, 5.74) is 1.02. The molecule has 1 aromatic heterocycles. The molecule has 0 bridgehead atoms. The molecule has 1 aromatic carbocycles. The van der Waals surface area contributed by atoms with Gasteiger partial charge in [-0.05, 0) is 61.2 Å². The molecule has 1 saturated heterocycles. The van der Waals surface area contributed by atoms with E-state index in [0.717, 1.165) is 37.3 Å². The van der Waals surface area contributed by atoms with Crippen LogP contribution in [0, 0.1) is 0 Å². The van der Waals surface area contributed by atoms with E-state index in [1.54, 1.807) is 18.4 Å². The standard InChI is InChI=1S/C24H35N3O4S/c1-24(2,3)19-9-11-20(12-10-19)32(29,30)26-14-13-23(28)25-18-21(22-8-7-17-31-22)27-15-5-4-6-16-27/h7-12,17,21,26H,4-6,13-16,18H2,1-3H3,(H,25,28). The molecular formula is C24H35N3O4S. The number of rotatable bonds is 9. The third-order valence-corrected chi connectivity index (χ3v) is 7.35. The van der Waals surface area contributed by atoms with Crippen LogP contribution in [0.4, 0.5) is 0 Å². The van der Waals surface area contributed by atoms with Gasteiger partial charge in [-0.1, -0.05) is 39.3 Å². The summed E-state index contributed by atoms with van der Waals surface area (Å²) in [7, 11) is -3.66. The number of carbonyl (C=O) groups is 1. The first-order valence-electron chi connectivity index (χ1n) is 11.3. The number of sulfonamides is 1. The molecule has 1 aliphatic rings. The Labute approximate surface area is 191 Å². The Hall–Kier alpha value is -2.16. The van der Waals surface area contributed by atoms with Crippen molar-refractivity contribution < 1.29 is 17.6 Å². The van der Waals surface area contributed by atoms with Gasteiger partial charge in [0.05, 0.1) is 17.2 Å². The van der Waals surface area contributed by atoms with E-state index in [0.29, 0.717) is 6.54 Å². The minimum absolute atomic E-state index is 0.00715. The highest BCUT2D eigenvalue weighted by molar-refractivity contribution is 7.89. The average molecular weight is 462 g/mol. The van der Waals surface area contributed by atoms with E-state index < -0.39 is 10.0 Å². The first kappa shape index (κ1) is 24.5. The highest BCUT2D eigenvalue weighted by atomic mass is 32.2. The van der Waals surface area contributed by atoms with Crippen molar-refractivity contribution in [1.29, 1.82) is 0 Å². The minimum atomic E-state index is -3.66. The lowest BCUT2D eigenvalue weighted by atomic mass is 9.87. The Morgan fingerprint density at radius 1 is 1.09 bits per heavy atom. The van der Waals surface area contributed by atoms with Gasteiger partial charge in [0.1, 0.15) is 5.76 Å². The van der Waals surface area contributed by atoms with Gasteiger partial charge >= 0.3 is 0 Å². The molecule has 32 heavy (non-hydrogen) atoms. The van der Waals surface area contributed by atoms with E-state index >= 15 is 0 Å². The molecule has 1 atom stereocenters. The molecule has 0 saturated carbocycles. The lowest BCUT2D eigenvalue weighted by Gasteiger charge is -2.33. The van der Waals surface area contributed by atoms with Gasteiger partial charge in [-0.25, -0.2) is 13.1 Å². The SMILES string of the molecule is CC(C)(C)c1ccc(S(=O)(=O)NCCC(=O)NCC(c2ccco2)N2CCCCC2)cc1. The summed E-state index contributed by atoms with van der Waals surface area (Å²) in [4.78, 5) is 14.9. The van der Waals surface area contributed by atoms with Crippen molar-refractivity contribution in [2.24, 2.45) is 0 Å². The van der Waals surface area contributed by atoms with Gasteiger partial charge in [-0.15, -0.1) is 0 Å². The maximum atomic E-state index is 12.5. The van der Waals surface area contributed by atoms with E-state index in [4.69, 9.17) is 4.42 Å². The average Bonchev–Trinajstić information content (AvgIpc) is 3.28. The topological polar surface area (TPSA) is 91.6 Å². The van der Waals surface area contributed by atoms with E-state index in [-0.39, 0.29) is 35.2 Å². The zero-order valence-corrected chi connectivity index (χ0v) is 20.1. The molecule has 2 heterocycles. The Kier molecular flexibility index (Phi) is 8.14. The van der Waals surface area contributed by atoms with Gasteiger partial charge in [0, 0.05) is 19.5 Å². The predicted molar refractivity (Wildman–Crippen MR) is 125 cm³/mol. The Balaban J connectivity index is 1.49. The number of furan rings is 1. The number of nitrogens with one attached hydrogen (secondary N) is 2. The fraction of sp³-hybridized carbons (Fsp3) is 0.542. The van der Waals surface area contributed by atoms with Crippen molar-refractivity contribution in [3.63, 3.8) is 0 Å². The number of nitrogens with zero attached hydrogens (tertiary/aromatic N) is 1. The Bertz CT molecular complexity index is 958. The largest absolute Gasteiger partial charge is 0.468 e. The van der Waals surface area contributed by atoms with Crippen molar-refractivity contribution in [1.82, 2.24) is 14.9 Å². The molecule has 1 amide bonds. The first-order chi connectivity index (χ1) is 15.2. The second-order valence-corrected chi connectivity index (χ2v) is 11.1. The smallest absolute Gasteiger partial charge is 0.240 e. The molecular weight excluding hydrogens is 426 g/mol. The Morgan fingerprint density at radius 3 is 2.38 bits per heavy atom. The quantitative estimate of drug-likeness (QED) is 0.595. The van der Waals surface area contributed by atoms with Gasteiger partial charge < -0.3 is 9.73 Å². The second-order valence-electron chi connectivity index (χ2n) is 9.35. The second kappa shape index (κ2) is 10.6. The van der Waals surface area contributed by atoms with Gasteiger partial charge in [0.25, 0.3) is 0 Å². The number of hydrogen-bond donors (Lipinski definition) is 2. The molecule has 7 nitrogen and oxygen atoms in total. The van der Waals surface area contributed by atoms with Crippen LogP contribution in [-0.4, -0.2) is 45.4 Å². The van der Waals surface area contributed by atoms with E-state index in [1.165, 1.54) is 6.42 Å². The summed E-state index contributed by atoms with van der Waals surface area (Å²) in [5, 5.41) is 2.94. The number of carbonyl (C=O) groups excluding carboxylic acids is 1. The van der Waals surface area contributed by atoms with Crippen LogP contribution >= 0.6 is 0 Å². The summed E-state index contributed by atoms with van der Waals surface area (Å²) in [6.07, 6.45) is 5.24. The summed E-state index contributed by atoms with van der Waals surface area (Å²) < 4.78 is 33.2. The van der Waals surface area contributed by atoms with Gasteiger partial charge in [0.2, 0.25) is 15.9 Å².